The summed E-state index contributed by atoms with van der Waals surface area (Å²) in [6.07, 6.45) is 3.99. The molecule has 20 heavy (non-hydrogen) atoms. The van der Waals surface area contributed by atoms with Crippen molar-refractivity contribution < 1.29 is 0 Å². The monoisotopic (exact) mass is 289 g/mol. The average Bonchev–Trinajstić information content (AvgIpc) is 2.84. The van der Waals surface area contributed by atoms with E-state index in [1.54, 1.807) is 0 Å². The summed E-state index contributed by atoms with van der Waals surface area (Å²) in [6.45, 7) is 7.47. The normalized spacial score (nSPS) is 12.6. The van der Waals surface area contributed by atoms with Crippen LogP contribution in [-0.4, -0.2) is 22.1 Å². The number of hydrogen-bond acceptors (Lipinski definition) is 3. The van der Waals surface area contributed by atoms with E-state index in [9.17, 15) is 0 Å². The van der Waals surface area contributed by atoms with Crippen molar-refractivity contribution in [3.63, 3.8) is 0 Å². The lowest BCUT2D eigenvalue weighted by Crippen LogP contribution is -2.23. The average molecular weight is 289 g/mol. The van der Waals surface area contributed by atoms with E-state index in [0.717, 1.165) is 12.3 Å². The number of nitrogens with zero attached hydrogens (tertiary/aromatic N) is 2. The lowest BCUT2D eigenvalue weighted by atomic mass is 10.0. The highest BCUT2D eigenvalue weighted by Crippen LogP contribution is 2.25. The topological polar surface area (TPSA) is 29.9 Å². The SMILES string of the molecule is CCNC(CSc1cnn(C)c1)c1ccc(C)c(C)c1. The Morgan fingerprint density at radius 3 is 2.70 bits per heavy atom. The van der Waals surface area contributed by atoms with E-state index in [4.69, 9.17) is 0 Å². The summed E-state index contributed by atoms with van der Waals surface area (Å²) in [7, 11) is 1.95. The minimum Gasteiger partial charge on any atom is -0.309 e. The van der Waals surface area contributed by atoms with E-state index >= 15 is 0 Å². The number of aryl methyl sites for hydroxylation is 3. The Morgan fingerprint density at radius 1 is 1.30 bits per heavy atom. The molecule has 0 radical (unpaired) electrons. The third-order valence-corrected chi connectivity index (χ3v) is 4.53. The molecular formula is C16H23N3S. The Balaban J connectivity index is 2.07. The molecule has 108 valence electrons. The predicted molar refractivity (Wildman–Crippen MR) is 86.3 cm³/mol. The van der Waals surface area contributed by atoms with Crippen LogP contribution in [0.3, 0.4) is 0 Å². The fourth-order valence-corrected chi connectivity index (χ4v) is 3.17. The molecule has 0 spiro atoms. The summed E-state index contributed by atoms with van der Waals surface area (Å²) >= 11 is 1.85. The van der Waals surface area contributed by atoms with Gasteiger partial charge in [0.15, 0.2) is 0 Å². The first-order chi connectivity index (χ1) is 9.60. The van der Waals surface area contributed by atoms with Crippen LogP contribution in [0.15, 0.2) is 35.5 Å². The van der Waals surface area contributed by atoms with E-state index in [0.29, 0.717) is 6.04 Å². The Bertz CT molecular complexity index is 563. The van der Waals surface area contributed by atoms with E-state index in [1.165, 1.54) is 21.6 Å². The zero-order chi connectivity index (χ0) is 14.5. The first-order valence-corrected chi connectivity index (χ1v) is 8.00. The van der Waals surface area contributed by atoms with Crippen LogP contribution in [-0.2, 0) is 7.05 Å². The summed E-state index contributed by atoms with van der Waals surface area (Å²) in [6, 6.07) is 7.12. The minimum atomic E-state index is 0.379. The van der Waals surface area contributed by atoms with Gasteiger partial charge in [-0.05, 0) is 37.1 Å². The van der Waals surface area contributed by atoms with Gasteiger partial charge in [-0.1, -0.05) is 25.1 Å². The molecule has 0 saturated heterocycles. The third kappa shape index (κ3) is 3.87. The molecule has 3 nitrogen and oxygen atoms in total. The van der Waals surface area contributed by atoms with Crippen LogP contribution in [0.4, 0.5) is 0 Å². The highest BCUT2D eigenvalue weighted by atomic mass is 32.2. The van der Waals surface area contributed by atoms with E-state index < -0.39 is 0 Å². The zero-order valence-electron chi connectivity index (χ0n) is 12.7. The van der Waals surface area contributed by atoms with Crippen LogP contribution in [0.5, 0.6) is 0 Å². The Kier molecular flexibility index (Phi) is 5.26. The van der Waals surface area contributed by atoms with Crippen LogP contribution < -0.4 is 5.32 Å². The van der Waals surface area contributed by atoms with Gasteiger partial charge in [0.25, 0.3) is 0 Å². The van der Waals surface area contributed by atoms with Gasteiger partial charge < -0.3 is 5.32 Å². The lowest BCUT2D eigenvalue weighted by Gasteiger charge is -2.18. The van der Waals surface area contributed by atoms with Crippen LogP contribution in [0.25, 0.3) is 0 Å². The van der Waals surface area contributed by atoms with Crippen molar-refractivity contribution in [3.05, 3.63) is 47.3 Å². The molecule has 1 aromatic carbocycles. The quantitative estimate of drug-likeness (QED) is 0.826. The number of rotatable bonds is 6. The molecule has 1 N–H and O–H groups in total. The van der Waals surface area contributed by atoms with E-state index in [2.05, 4.69) is 55.6 Å². The molecule has 1 unspecified atom stereocenters. The molecule has 0 amide bonds. The van der Waals surface area contributed by atoms with Crippen molar-refractivity contribution in [1.82, 2.24) is 15.1 Å². The maximum atomic E-state index is 4.21. The van der Waals surface area contributed by atoms with Crippen molar-refractivity contribution >= 4 is 11.8 Å². The van der Waals surface area contributed by atoms with Crippen LogP contribution >= 0.6 is 11.8 Å². The molecule has 0 aliphatic carbocycles. The molecule has 0 bridgehead atoms. The first kappa shape index (κ1) is 15.1. The van der Waals surface area contributed by atoms with E-state index in [1.807, 2.05) is 29.7 Å². The first-order valence-electron chi connectivity index (χ1n) is 7.02. The van der Waals surface area contributed by atoms with Gasteiger partial charge in [0.1, 0.15) is 0 Å². The second-order valence-electron chi connectivity index (χ2n) is 5.11. The largest absolute Gasteiger partial charge is 0.309 e. The molecule has 1 atom stereocenters. The maximum Gasteiger partial charge on any atom is 0.0625 e. The van der Waals surface area contributed by atoms with Gasteiger partial charge >= 0.3 is 0 Å². The fraction of sp³-hybridized carbons (Fsp3) is 0.438. The van der Waals surface area contributed by atoms with Crippen LogP contribution in [0, 0.1) is 13.8 Å². The predicted octanol–water partition coefficient (Wildman–Crippen LogP) is 3.48. The minimum absolute atomic E-state index is 0.379. The van der Waals surface area contributed by atoms with Gasteiger partial charge in [0.05, 0.1) is 6.20 Å². The molecular weight excluding hydrogens is 266 g/mol. The zero-order valence-corrected chi connectivity index (χ0v) is 13.5. The molecule has 4 heteroatoms. The Morgan fingerprint density at radius 2 is 2.10 bits per heavy atom. The van der Waals surface area contributed by atoms with Crippen molar-refractivity contribution in [2.45, 2.75) is 31.7 Å². The molecule has 0 aliphatic heterocycles. The van der Waals surface area contributed by atoms with Gasteiger partial charge in [0, 0.05) is 29.9 Å². The number of thioether (sulfide) groups is 1. The third-order valence-electron chi connectivity index (χ3n) is 3.48. The van der Waals surface area contributed by atoms with Crippen molar-refractivity contribution in [2.75, 3.05) is 12.3 Å². The van der Waals surface area contributed by atoms with Gasteiger partial charge in [-0.25, -0.2) is 0 Å². The Labute approximate surface area is 125 Å². The number of nitrogens with one attached hydrogen (secondary N) is 1. The molecule has 2 rings (SSSR count). The number of benzene rings is 1. The van der Waals surface area contributed by atoms with Gasteiger partial charge in [-0.2, -0.15) is 5.10 Å². The summed E-state index contributed by atoms with van der Waals surface area (Å²) in [5.41, 5.74) is 4.08. The summed E-state index contributed by atoms with van der Waals surface area (Å²) < 4.78 is 1.85. The molecule has 0 aliphatic rings. The van der Waals surface area contributed by atoms with Gasteiger partial charge in [-0.3, -0.25) is 4.68 Å². The highest BCUT2D eigenvalue weighted by molar-refractivity contribution is 7.99. The molecule has 2 aromatic rings. The second kappa shape index (κ2) is 6.95. The summed E-state index contributed by atoms with van der Waals surface area (Å²) in [4.78, 5) is 1.22. The van der Waals surface area contributed by atoms with Gasteiger partial charge in [-0.15, -0.1) is 11.8 Å². The van der Waals surface area contributed by atoms with E-state index in [-0.39, 0.29) is 0 Å². The Hall–Kier alpha value is -1.26. The summed E-state index contributed by atoms with van der Waals surface area (Å²) in [5, 5.41) is 7.79. The van der Waals surface area contributed by atoms with Gasteiger partial charge in [0.2, 0.25) is 0 Å². The van der Waals surface area contributed by atoms with Crippen LogP contribution in [0.2, 0.25) is 0 Å². The summed E-state index contributed by atoms with van der Waals surface area (Å²) in [5.74, 6) is 1.02. The molecule has 1 heterocycles. The molecule has 0 saturated carbocycles. The number of aromatic nitrogens is 2. The van der Waals surface area contributed by atoms with Crippen LogP contribution in [0.1, 0.15) is 29.7 Å². The lowest BCUT2D eigenvalue weighted by molar-refractivity contribution is 0.605. The second-order valence-corrected chi connectivity index (χ2v) is 6.21. The standard InChI is InChI=1S/C16H23N3S/c1-5-17-16(11-20-15-9-18-19(4)10-15)14-7-6-12(2)13(3)8-14/h6-10,16-17H,5,11H2,1-4H3. The van der Waals surface area contributed by atoms with Crippen molar-refractivity contribution in [3.8, 4) is 0 Å². The molecule has 0 fully saturated rings. The number of hydrogen-bond donors (Lipinski definition) is 1. The van der Waals surface area contributed by atoms with Crippen molar-refractivity contribution in [2.24, 2.45) is 7.05 Å². The maximum absolute atomic E-state index is 4.21. The fourth-order valence-electron chi connectivity index (χ4n) is 2.15. The smallest absolute Gasteiger partial charge is 0.0625 e. The molecule has 1 aromatic heterocycles. The van der Waals surface area contributed by atoms with Crippen molar-refractivity contribution in [1.29, 1.82) is 0 Å². The highest BCUT2D eigenvalue weighted by Gasteiger charge is 2.12.